The third-order valence-electron chi connectivity index (χ3n) is 3.87. The molecule has 1 aromatic rings. The molecular weight excluding hydrogens is 239 g/mol. The van der Waals surface area contributed by atoms with Crippen molar-refractivity contribution in [3.63, 3.8) is 0 Å². The number of benzene rings is 1. The van der Waals surface area contributed by atoms with Gasteiger partial charge in [-0.05, 0) is 63.4 Å². The molecule has 0 bridgehead atoms. The normalized spacial score (nSPS) is 21.3. The monoisotopic (exact) mass is 264 g/mol. The first-order chi connectivity index (χ1) is 9.24. The third kappa shape index (κ3) is 5.29. The minimum atomic E-state index is -0.159. The third-order valence-corrected chi connectivity index (χ3v) is 3.87. The fraction of sp³-hybridized carbons (Fsp3) is 0.625. The molecular formula is C16H25FN2. The molecule has 0 radical (unpaired) electrons. The van der Waals surface area contributed by atoms with E-state index >= 15 is 0 Å². The Bertz CT molecular complexity index is 358. The summed E-state index contributed by atoms with van der Waals surface area (Å²) in [6.45, 7) is 4.38. The van der Waals surface area contributed by atoms with Crippen LogP contribution in [0.2, 0.25) is 0 Å². The van der Waals surface area contributed by atoms with Gasteiger partial charge in [-0.1, -0.05) is 18.6 Å². The van der Waals surface area contributed by atoms with Gasteiger partial charge in [0.1, 0.15) is 5.82 Å². The van der Waals surface area contributed by atoms with E-state index in [0.717, 1.165) is 13.0 Å². The van der Waals surface area contributed by atoms with Crippen LogP contribution in [0, 0.1) is 5.82 Å². The van der Waals surface area contributed by atoms with Crippen molar-refractivity contribution in [2.24, 2.45) is 0 Å². The van der Waals surface area contributed by atoms with Gasteiger partial charge in [0.05, 0.1) is 0 Å². The lowest BCUT2D eigenvalue weighted by atomic mass is 9.99. The lowest BCUT2D eigenvalue weighted by Gasteiger charge is -2.26. The van der Waals surface area contributed by atoms with Gasteiger partial charge in [0.2, 0.25) is 0 Å². The van der Waals surface area contributed by atoms with Gasteiger partial charge < -0.3 is 10.6 Å². The Morgan fingerprint density at radius 3 is 2.79 bits per heavy atom. The summed E-state index contributed by atoms with van der Waals surface area (Å²) in [7, 11) is 0. The van der Waals surface area contributed by atoms with Crippen LogP contribution in [-0.4, -0.2) is 25.2 Å². The van der Waals surface area contributed by atoms with Gasteiger partial charge in [-0.2, -0.15) is 0 Å². The van der Waals surface area contributed by atoms with E-state index in [4.69, 9.17) is 0 Å². The average molecular weight is 264 g/mol. The molecule has 106 valence electrons. The number of hydrogen-bond donors (Lipinski definition) is 2. The summed E-state index contributed by atoms with van der Waals surface area (Å²) < 4.78 is 12.8. The highest BCUT2D eigenvalue weighted by molar-refractivity contribution is 5.16. The molecule has 19 heavy (non-hydrogen) atoms. The number of halogens is 1. The van der Waals surface area contributed by atoms with Crippen LogP contribution in [0.3, 0.4) is 0 Å². The maximum absolute atomic E-state index is 12.8. The average Bonchev–Trinajstić information content (AvgIpc) is 2.42. The molecule has 2 N–H and O–H groups in total. The summed E-state index contributed by atoms with van der Waals surface area (Å²) in [5.41, 5.74) is 1.19. The smallest absolute Gasteiger partial charge is 0.123 e. The molecule has 1 aliphatic heterocycles. The highest BCUT2D eigenvalue weighted by Gasteiger charge is 2.15. The number of nitrogens with one attached hydrogen (secondary N) is 2. The zero-order chi connectivity index (χ0) is 13.5. The van der Waals surface area contributed by atoms with E-state index in [0.29, 0.717) is 12.1 Å². The summed E-state index contributed by atoms with van der Waals surface area (Å²) in [5.74, 6) is -0.159. The largest absolute Gasteiger partial charge is 0.314 e. The molecule has 1 aromatic carbocycles. The van der Waals surface area contributed by atoms with E-state index in [1.54, 1.807) is 0 Å². The van der Waals surface area contributed by atoms with Crippen molar-refractivity contribution in [3.8, 4) is 0 Å². The van der Waals surface area contributed by atoms with E-state index in [2.05, 4.69) is 17.6 Å². The SMILES string of the molecule is CC(CC1CCCCN1)NCCc1ccc(F)cc1. The van der Waals surface area contributed by atoms with Gasteiger partial charge in [0.25, 0.3) is 0 Å². The van der Waals surface area contributed by atoms with Crippen molar-refractivity contribution in [3.05, 3.63) is 35.6 Å². The molecule has 2 rings (SSSR count). The van der Waals surface area contributed by atoms with E-state index in [9.17, 15) is 4.39 Å². The van der Waals surface area contributed by atoms with Crippen LogP contribution in [-0.2, 0) is 6.42 Å². The van der Waals surface area contributed by atoms with Crippen molar-refractivity contribution >= 4 is 0 Å². The Morgan fingerprint density at radius 2 is 2.11 bits per heavy atom. The predicted molar refractivity (Wildman–Crippen MR) is 77.8 cm³/mol. The van der Waals surface area contributed by atoms with Crippen molar-refractivity contribution in [2.75, 3.05) is 13.1 Å². The molecule has 2 atom stereocenters. The van der Waals surface area contributed by atoms with Crippen LogP contribution in [0.1, 0.15) is 38.2 Å². The van der Waals surface area contributed by atoms with Gasteiger partial charge >= 0.3 is 0 Å². The topological polar surface area (TPSA) is 24.1 Å². The van der Waals surface area contributed by atoms with Crippen molar-refractivity contribution in [1.82, 2.24) is 10.6 Å². The summed E-state index contributed by atoms with van der Waals surface area (Å²) >= 11 is 0. The maximum Gasteiger partial charge on any atom is 0.123 e. The Hall–Kier alpha value is -0.930. The number of hydrogen-bond acceptors (Lipinski definition) is 2. The maximum atomic E-state index is 12.8. The molecule has 0 saturated carbocycles. The van der Waals surface area contributed by atoms with Crippen molar-refractivity contribution < 1.29 is 4.39 Å². The van der Waals surface area contributed by atoms with Gasteiger partial charge in [0, 0.05) is 12.1 Å². The van der Waals surface area contributed by atoms with Gasteiger partial charge in [-0.3, -0.25) is 0 Å². The van der Waals surface area contributed by atoms with Crippen LogP contribution in [0.4, 0.5) is 4.39 Å². The predicted octanol–water partition coefficient (Wildman–Crippen LogP) is 2.88. The Labute approximate surface area is 115 Å². The summed E-state index contributed by atoms with van der Waals surface area (Å²) in [5, 5.41) is 7.14. The molecule has 0 aliphatic carbocycles. The van der Waals surface area contributed by atoms with Crippen LogP contribution in [0.5, 0.6) is 0 Å². The van der Waals surface area contributed by atoms with E-state index in [1.807, 2.05) is 12.1 Å². The molecule has 0 amide bonds. The zero-order valence-electron chi connectivity index (χ0n) is 11.8. The van der Waals surface area contributed by atoms with Crippen LogP contribution >= 0.6 is 0 Å². The molecule has 1 aliphatic rings. The van der Waals surface area contributed by atoms with E-state index in [1.165, 1.54) is 49.9 Å². The minimum Gasteiger partial charge on any atom is -0.314 e. The first-order valence-corrected chi connectivity index (χ1v) is 7.45. The number of piperidine rings is 1. The summed E-state index contributed by atoms with van der Waals surface area (Å²) in [4.78, 5) is 0. The zero-order valence-corrected chi connectivity index (χ0v) is 11.8. The number of rotatable bonds is 6. The van der Waals surface area contributed by atoms with Gasteiger partial charge in [0.15, 0.2) is 0 Å². The lowest BCUT2D eigenvalue weighted by molar-refractivity contribution is 0.346. The van der Waals surface area contributed by atoms with Gasteiger partial charge in [-0.15, -0.1) is 0 Å². The molecule has 0 spiro atoms. The fourth-order valence-corrected chi connectivity index (χ4v) is 2.75. The lowest BCUT2D eigenvalue weighted by Crippen LogP contribution is -2.40. The first kappa shape index (κ1) is 14.5. The molecule has 0 aromatic heterocycles. The van der Waals surface area contributed by atoms with Gasteiger partial charge in [-0.25, -0.2) is 4.39 Å². The second-order valence-corrected chi connectivity index (χ2v) is 5.61. The summed E-state index contributed by atoms with van der Waals surface area (Å²) in [6.07, 6.45) is 6.15. The minimum absolute atomic E-state index is 0.159. The fourth-order valence-electron chi connectivity index (χ4n) is 2.75. The first-order valence-electron chi connectivity index (χ1n) is 7.45. The molecule has 1 fully saturated rings. The standard InChI is InChI=1S/C16H25FN2/c1-13(12-16-4-2-3-10-19-16)18-11-9-14-5-7-15(17)8-6-14/h5-8,13,16,18-19H,2-4,9-12H2,1H3. The Kier molecular flexibility index (Phi) is 5.80. The molecule has 3 heteroatoms. The second-order valence-electron chi connectivity index (χ2n) is 5.61. The quantitative estimate of drug-likeness (QED) is 0.825. The summed E-state index contributed by atoms with van der Waals surface area (Å²) in [6, 6.07) is 8.02. The molecule has 2 unspecified atom stereocenters. The van der Waals surface area contributed by atoms with Crippen LogP contribution in [0.15, 0.2) is 24.3 Å². The Balaban J connectivity index is 1.63. The van der Waals surface area contributed by atoms with E-state index < -0.39 is 0 Å². The molecule has 1 saturated heterocycles. The highest BCUT2D eigenvalue weighted by Crippen LogP contribution is 2.11. The highest BCUT2D eigenvalue weighted by atomic mass is 19.1. The second kappa shape index (κ2) is 7.61. The van der Waals surface area contributed by atoms with E-state index in [-0.39, 0.29) is 5.82 Å². The van der Waals surface area contributed by atoms with Crippen LogP contribution < -0.4 is 10.6 Å². The molecule has 1 heterocycles. The van der Waals surface area contributed by atoms with Crippen LogP contribution in [0.25, 0.3) is 0 Å². The molecule has 2 nitrogen and oxygen atoms in total. The Morgan fingerprint density at radius 1 is 1.32 bits per heavy atom. The van der Waals surface area contributed by atoms with Crippen molar-refractivity contribution in [1.29, 1.82) is 0 Å². The van der Waals surface area contributed by atoms with Crippen molar-refractivity contribution in [2.45, 2.75) is 51.1 Å².